The molecule has 0 bridgehead atoms. The third-order valence-electron chi connectivity index (χ3n) is 8.22. The van der Waals surface area contributed by atoms with E-state index < -0.39 is 5.60 Å². The quantitative estimate of drug-likeness (QED) is 0.277. The van der Waals surface area contributed by atoms with Gasteiger partial charge in [0.1, 0.15) is 5.60 Å². The third kappa shape index (κ3) is 2.83. The summed E-state index contributed by atoms with van der Waals surface area (Å²) in [6.07, 6.45) is 7.51. The van der Waals surface area contributed by atoms with E-state index in [4.69, 9.17) is 4.74 Å². The fraction of sp³-hybridized carbons (Fsp3) is 0.773. The lowest BCUT2D eigenvalue weighted by Crippen LogP contribution is -2.43. The number of allylic oxidation sites excluding steroid dienone is 1. The largest absolute Gasteiger partial charge is 0.455 e. The summed E-state index contributed by atoms with van der Waals surface area (Å²) in [6.45, 7) is 15.3. The first-order valence-corrected chi connectivity index (χ1v) is 11.0. The van der Waals surface area contributed by atoms with Gasteiger partial charge in [-0.2, -0.15) is 0 Å². The fourth-order valence-electron chi connectivity index (χ4n) is 6.17. The zero-order valence-electron chi connectivity index (χ0n) is 16.5. The van der Waals surface area contributed by atoms with Gasteiger partial charge in [-0.05, 0) is 72.7 Å². The third-order valence-corrected chi connectivity index (χ3v) is 9.02. The van der Waals surface area contributed by atoms with Gasteiger partial charge in [-0.25, -0.2) is 4.79 Å². The molecule has 0 radical (unpaired) electrons. The molecule has 0 N–H and O–H groups in total. The highest BCUT2D eigenvalue weighted by molar-refractivity contribution is 14.1. The smallest absolute Gasteiger partial charge is 0.334 e. The van der Waals surface area contributed by atoms with E-state index in [9.17, 15) is 4.79 Å². The minimum atomic E-state index is -0.439. The Kier molecular flexibility index (Phi) is 4.96. The Morgan fingerprint density at radius 3 is 2.56 bits per heavy atom. The Morgan fingerprint density at radius 1 is 1.32 bits per heavy atom. The van der Waals surface area contributed by atoms with Gasteiger partial charge in [-0.1, -0.05) is 62.4 Å². The average Bonchev–Trinajstić information content (AvgIpc) is 2.96. The summed E-state index contributed by atoms with van der Waals surface area (Å²) in [5.74, 6) is 1.81. The molecule has 0 amide bonds. The number of esters is 1. The van der Waals surface area contributed by atoms with Crippen molar-refractivity contribution in [2.45, 2.75) is 78.7 Å². The Balaban J connectivity index is 1.81. The predicted octanol–water partition coefficient (Wildman–Crippen LogP) is 6.45. The summed E-state index contributed by atoms with van der Waals surface area (Å²) in [6, 6.07) is 0. The Morgan fingerprint density at radius 2 is 2.00 bits per heavy atom. The number of rotatable bonds is 3. The molecule has 2 nitrogen and oxygen atoms in total. The van der Waals surface area contributed by atoms with Gasteiger partial charge in [-0.3, -0.25) is 0 Å². The molecule has 2 unspecified atom stereocenters. The summed E-state index contributed by atoms with van der Waals surface area (Å²) < 4.78 is 8.21. The number of carbonyl (C=O) groups is 1. The second kappa shape index (κ2) is 6.38. The molecule has 2 aliphatic carbocycles. The van der Waals surface area contributed by atoms with E-state index in [1.807, 2.05) is 0 Å². The van der Waals surface area contributed by atoms with Crippen LogP contribution in [-0.4, -0.2) is 11.6 Å². The first-order valence-electron chi connectivity index (χ1n) is 9.78. The summed E-state index contributed by atoms with van der Waals surface area (Å²) in [7, 11) is 0. The van der Waals surface area contributed by atoms with Gasteiger partial charge in [0.05, 0.1) is 0 Å². The first-order chi connectivity index (χ1) is 11.6. The van der Waals surface area contributed by atoms with Crippen LogP contribution in [0.4, 0.5) is 0 Å². The van der Waals surface area contributed by atoms with Crippen LogP contribution in [0, 0.1) is 28.6 Å². The number of ether oxygens (including phenoxy) is 1. The van der Waals surface area contributed by atoms with Crippen molar-refractivity contribution in [1.82, 2.24) is 0 Å². The van der Waals surface area contributed by atoms with Gasteiger partial charge in [0.2, 0.25) is 0 Å². The molecule has 2 saturated carbocycles. The average molecular weight is 456 g/mol. The monoisotopic (exact) mass is 456 g/mol. The van der Waals surface area contributed by atoms with Crippen molar-refractivity contribution in [2.75, 3.05) is 0 Å². The van der Waals surface area contributed by atoms with Crippen LogP contribution < -0.4 is 0 Å². The van der Waals surface area contributed by atoms with E-state index in [-0.39, 0.29) is 11.4 Å². The molecule has 0 aromatic rings. The number of fused-ring (bicyclic) bond motifs is 1. The second-order valence-corrected chi connectivity index (χ2v) is 10.3. The van der Waals surface area contributed by atoms with E-state index in [0.717, 1.165) is 12.3 Å². The van der Waals surface area contributed by atoms with Crippen molar-refractivity contribution in [3.8, 4) is 0 Å². The van der Waals surface area contributed by atoms with E-state index in [2.05, 4.69) is 67.9 Å². The Hall–Kier alpha value is -0.320. The Labute approximate surface area is 167 Å². The maximum atomic E-state index is 12.2. The highest BCUT2D eigenvalue weighted by atomic mass is 127. The Bertz CT molecular complexity index is 620. The number of carbonyl (C=O) groups excluding carboxylic acids is 1. The van der Waals surface area contributed by atoms with Crippen LogP contribution in [0.5, 0.6) is 0 Å². The van der Waals surface area contributed by atoms with Crippen LogP contribution in [-0.2, 0) is 9.53 Å². The van der Waals surface area contributed by atoms with Gasteiger partial charge in [-0.15, -0.1) is 0 Å². The lowest BCUT2D eigenvalue weighted by Gasteiger charge is -2.46. The van der Waals surface area contributed by atoms with E-state index in [1.165, 1.54) is 32.1 Å². The van der Waals surface area contributed by atoms with Crippen LogP contribution in [0.15, 0.2) is 21.8 Å². The van der Waals surface area contributed by atoms with Gasteiger partial charge in [0, 0.05) is 11.0 Å². The second-order valence-electron chi connectivity index (χ2n) is 9.69. The van der Waals surface area contributed by atoms with E-state index >= 15 is 0 Å². The minimum Gasteiger partial charge on any atom is -0.455 e. The van der Waals surface area contributed by atoms with Gasteiger partial charge < -0.3 is 4.74 Å². The SMILES string of the molecule is C=C1C(=O)O[C@@](C)(C[C@@H](C)C2CC[C@H]3/C(=C/I)CCCC23C)C1(C)C. The van der Waals surface area contributed by atoms with Crippen LogP contribution in [0.25, 0.3) is 0 Å². The molecule has 1 heterocycles. The lowest BCUT2D eigenvalue weighted by atomic mass is 9.59. The van der Waals surface area contributed by atoms with Crippen LogP contribution in [0.2, 0.25) is 0 Å². The highest BCUT2D eigenvalue weighted by Crippen LogP contribution is 2.61. The summed E-state index contributed by atoms with van der Waals surface area (Å²) >= 11 is 2.44. The number of halogens is 1. The maximum absolute atomic E-state index is 12.2. The molecule has 3 heteroatoms. The molecule has 5 atom stereocenters. The number of cyclic esters (lactones) is 1. The summed E-state index contributed by atoms with van der Waals surface area (Å²) in [4.78, 5) is 12.2. The molecule has 3 aliphatic rings. The maximum Gasteiger partial charge on any atom is 0.334 e. The topological polar surface area (TPSA) is 26.3 Å². The molecule has 140 valence electrons. The van der Waals surface area contributed by atoms with Crippen molar-refractivity contribution in [3.63, 3.8) is 0 Å². The van der Waals surface area contributed by atoms with Crippen LogP contribution in [0.1, 0.15) is 73.1 Å². The minimum absolute atomic E-state index is 0.206. The highest BCUT2D eigenvalue weighted by Gasteiger charge is 2.57. The van der Waals surface area contributed by atoms with Crippen LogP contribution >= 0.6 is 22.6 Å². The van der Waals surface area contributed by atoms with Crippen molar-refractivity contribution >= 4 is 28.6 Å². The standard InChI is InChI=1S/C22H33IO2/c1-14(12-22(6)20(3,4)15(2)19(24)25-22)17-9-10-18-16(13-23)8-7-11-21(17,18)5/h13-14,17-18H,2,7-12H2,1,3-6H3/b16-13+/t14-,17?,18+,21?,22+/m1/s1. The summed E-state index contributed by atoms with van der Waals surface area (Å²) in [5.41, 5.74) is 1.99. The predicted molar refractivity (Wildman–Crippen MR) is 111 cm³/mol. The molecule has 25 heavy (non-hydrogen) atoms. The lowest BCUT2D eigenvalue weighted by molar-refractivity contribution is -0.151. The summed E-state index contributed by atoms with van der Waals surface area (Å²) in [5, 5.41) is 0. The molecule has 0 aromatic heterocycles. The normalized spacial score (nSPS) is 43.2. The van der Waals surface area contributed by atoms with E-state index in [0.29, 0.717) is 22.8 Å². The van der Waals surface area contributed by atoms with Gasteiger partial charge in [0.25, 0.3) is 0 Å². The molecular formula is C22H33IO2. The molecular weight excluding hydrogens is 423 g/mol. The zero-order chi connectivity index (χ0) is 18.6. The molecule has 3 fully saturated rings. The van der Waals surface area contributed by atoms with Gasteiger partial charge in [0.15, 0.2) is 0 Å². The molecule has 0 spiro atoms. The van der Waals surface area contributed by atoms with E-state index in [1.54, 1.807) is 5.57 Å². The molecule has 3 rings (SSSR count). The molecule has 1 aliphatic heterocycles. The van der Waals surface area contributed by atoms with Crippen molar-refractivity contribution in [3.05, 3.63) is 21.8 Å². The molecule has 0 aromatic carbocycles. The molecule has 1 saturated heterocycles. The van der Waals surface area contributed by atoms with Crippen LogP contribution in [0.3, 0.4) is 0 Å². The first kappa shape index (κ1) is 19.4. The number of hydrogen-bond donors (Lipinski definition) is 0. The van der Waals surface area contributed by atoms with Crippen molar-refractivity contribution in [1.29, 1.82) is 0 Å². The van der Waals surface area contributed by atoms with Crippen molar-refractivity contribution < 1.29 is 9.53 Å². The van der Waals surface area contributed by atoms with Gasteiger partial charge >= 0.3 is 5.97 Å². The zero-order valence-corrected chi connectivity index (χ0v) is 18.6. The fourth-order valence-corrected chi connectivity index (χ4v) is 6.91. The number of hydrogen-bond acceptors (Lipinski definition) is 2. The van der Waals surface area contributed by atoms with Crippen molar-refractivity contribution in [2.24, 2.45) is 28.6 Å².